The fourth-order valence-electron chi connectivity index (χ4n) is 13.0. The summed E-state index contributed by atoms with van der Waals surface area (Å²) in [4.78, 5) is 11.8. The molecule has 1 amide bonds. The number of morpholine rings is 1. The number of amides is 1. The molecular weight excluding hydrogens is 546 g/mol. The quantitative estimate of drug-likeness (QED) is 0.371. The van der Waals surface area contributed by atoms with Gasteiger partial charge < -0.3 is 40.8 Å². The lowest BCUT2D eigenvalue weighted by atomic mass is 9.43. The zero-order chi connectivity index (χ0) is 30.7. The molecule has 9 nitrogen and oxygen atoms in total. The Hall–Kier alpha value is -0.970. The van der Waals surface area contributed by atoms with Crippen LogP contribution in [0.1, 0.15) is 92.9 Å². The van der Waals surface area contributed by atoms with Crippen molar-refractivity contribution in [1.82, 2.24) is 5.32 Å². The number of ether oxygens (including phenoxy) is 4. The van der Waals surface area contributed by atoms with Crippen molar-refractivity contribution in [1.29, 1.82) is 0 Å². The maximum absolute atomic E-state index is 12.4. The summed E-state index contributed by atoms with van der Waals surface area (Å²) in [7, 11) is 0. The van der Waals surface area contributed by atoms with E-state index < -0.39 is 23.8 Å². The Morgan fingerprint density at radius 2 is 1.79 bits per heavy atom. The van der Waals surface area contributed by atoms with Crippen LogP contribution in [0.15, 0.2) is 0 Å². The van der Waals surface area contributed by atoms with Crippen molar-refractivity contribution in [3.8, 4) is 0 Å². The summed E-state index contributed by atoms with van der Waals surface area (Å²) in [5.41, 5.74) is 12.8. The smallest absolute Gasteiger partial charge is 0.404 e. The van der Waals surface area contributed by atoms with Gasteiger partial charge in [-0.2, -0.15) is 0 Å². The van der Waals surface area contributed by atoms with E-state index in [4.69, 9.17) is 30.4 Å². The lowest BCUT2D eigenvalue weighted by molar-refractivity contribution is -0.233. The van der Waals surface area contributed by atoms with E-state index >= 15 is 0 Å². The fourth-order valence-corrected chi connectivity index (χ4v) is 13.0. The van der Waals surface area contributed by atoms with Gasteiger partial charge in [-0.05, 0) is 103 Å². The van der Waals surface area contributed by atoms with Gasteiger partial charge in [0.25, 0.3) is 0 Å². The van der Waals surface area contributed by atoms with E-state index in [9.17, 15) is 9.90 Å². The van der Waals surface area contributed by atoms with Crippen LogP contribution in [-0.4, -0.2) is 73.2 Å². The Kier molecular flexibility index (Phi) is 7.14. The number of fused-ring (bicyclic) bond motifs is 4. The van der Waals surface area contributed by atoms with Gasteiger partial charge in [0.1, 0.15) is 6.10 Å². The standard InChI is InChI=1S/C34H57N3O6/c1-18(2)26(43-29(35)39)20-15-19(3)25-27(41-20)28(38)34(36)22-8-7-21-30(4,5)23(42-24-16-37-13-14-40-24)9-10-32(21)17-33(22,32)12-11-31(25,34)6/h18-28,37-38H,7-17,36H2,1-6H3,(H2,35,39). The van der Waals surface area contributed by atoms with Gasteiger partial charge in [0, 0.05) is 13.1 Å². The number of nitrogens with two attached hydrogens (primary N) is 2. The molecule has 7 aliphatic rings. The minimum absolute atomic E-state index is 0.0510. The van der Waals surface area contributed by atoms with Crippen LogP contribution in [0, 0.1) is 51.2 Å². The monoisotopic (exact) mass is 603 g/mol. The first-order valence-corrected chi connectivity index (χ1v) is 17.3. The molecule has 0 bridgehead atoms. The predicted molar refractivity (Wildman–Crippen MR) is 162 cm³/mol. The van der Waals surface area contributed by atoms with Crippen molar-refractivity contribution in [2.24, 2.45) is 62.7 Å². The number of carbonyl (C=O) groups is 1. The van der Waals surface area contributed by atoms with Crippen LogP contribution in [0.2, 0.25) is 0 Å². The highest BCUT2D eigenvalue weighted by molar-refractivity contribution is 5.64. The second kappa shape index (κ2) is 10.0. The van der Waals surface area contributed by atoms with Crippen molar-refractivity contribution < 1.29 is 28.8 Å². The lowest BCUT2D eigenvalue weighted by Crippen LogP contribution is -2.70. The molecule has 0 radical (unpaired) electrons. The Labute approximate surface area is 257 Å². The zero-order valence-corrected chi connectivity index (χ0v) is 27.3. The van der Waals surface area contributed by atoms with E-state index in [-0.39, 0.29) is 69.9 Å². The van der Waals surface area contributed by atoms with Crippen LogP contribution in [0.5, 0.6) is 0 Å². The predicted octanol–water partition coefficient (Wildman–Crippen LogP) is 3.94. The molecule has 0 aromatic heterocycles. The van der Waals surface area contributed by atoms with Gasteiger partial charge in [-0.1, -0.05) is 41.5 Å². The van der Waals surface area contributed by atoms with E-state index in [1.807, 2.05) is 13.8 Å². The molecule has 0 aromatic carbocycles. The summed E-state index contributed by atoms with van der Waals surface area (Å²) in [6.07, 6.45) is 5.99. The Bertz CT molecular complexity index is 1110. The van der Waals surface area contributed by atoms with Gasteiger partial charge >= 0.3 is 6.09 Å². The molecule has 14 unspecified atom stereocenters. The summed E-state index contributed by atoms with van der Waals surface area (Å²) in [5.74, 6) is 1.36. The number of aliphatic hydroxyl groups excluding tert-OH is 1. The number of rotatable bonds is 5. The van der Waals surface area contributed by atoms with Crippen molar-refractivity contribution in [2.75, 3.05) is 19.7 Å². The molecule has 2 spiro atoms. The number of nitrogens with one attached hydrogen (secondary N) is 1. The second-order valence-corrected chi connectivity index (χ2v) is 17.0. The Morgan fingerprint density at radius 3 is 2.47 bits per heavy atom. The van der Waals surface area contributed by atoms with Crippen LogP contribution >= 0.6 is 0 Å². The summed E-state index contributed by atoms with van der Waals surface area (Å²) in [5, 5.41) is 15.8. The van der Waals surface area contributed by atoms with Gasteiger partial charge in [0.15, 0.2) is 6.29 Å². The van der Waals surface area contributed by atoms with Gasteiger partial charge in [0.05, 0.1) is 36.6 Å². The molecule has 244 valence electrons. The van der Waals surface area contributed by atoms with Crippen LogP contribution in [0.25, 0.3) is 0 Å². The molecule has 5 saturated carbocycles. The highest BCUT2D eigenvalue weighted by Gasteiger charge is 2.85. The largest absolute Gasteiger partial charge is 0.443 e. The molecule has 14 atom stereocenters. The zero-order valence-electron chi connectivity index (χ0n) is 27.3. The molecule has 7 fully saturated rings. The molecule has 2 aliphatic heterocycles. The summed E-state index contributed by atoms with van der Waals surface area (Å²) >= 11 is 0. The number of aliphatic hydroxyl groups is 1. The van der Waals surface area contributed by atoms with Gasteiger partial charge in [-0.3, -0.25) is 0 Å². The summed E-state index contributed by atoms with van der Waals surface area (Å²) < 4.78 is 25.0. The van der Waals surface area contributed by atoms with Crippen molar-refractivity contribution >= 4 is 6.09 Å². The fraction of sp³-hybridized carbons (Fsp3) is 0.971. The van der Waals surface area contributed by atoms with Crippen molar-refractivity contribution in [2.45, 2.75) is 135 Å². The highest BCUT2D eigenvalue weighted by atomic mass is 16.7. The molecule has 2 saturated heterocycles. The average molecular weight is 604 g/mol. The molecule has 6 N–H and O–H groups in total. The summed E-state index contributed by atoms with van der Waals surface area (Å²) in [6.45, 7) is 15.9. The average Bonchev–Trinajstić information content (AvgIpc) is 3.58. The number of primary amides is 1. The maximum Gasteiger partial charge on any atom is 0.404 e. The lowest BCUT2D eigenvalue weighted by Gasteiger charge is -2.63. The minimum Gasteiger partial charge on any atom is -0.443 e. The summed E-state index contributed by atoms with van der Waals surface area (Å²) in [6, 6.07) is 0. The molecule has 7 rings (SSSR count). The van der Waals surface area contributed by atoms with Crippen molar-refractivity contribution in [3.05, 3.63) is 0 Å². The Balaban J connectivity index is 1.16. The third-order valence-electron chi connectivity index (χ3n) is 14.7. The van der Waals surface area contributed by atoms with E-state index in [1.165, 1.54) is 19.3 Å². The first-order valence-electron chi connectivity index (χ1n) is 17.3. The first-order chi connectivity index (χ1) is 20.2. The molecule has 0 aromatic rings. The second-order valence-electron chi connectivity index (χ2n) is 17.0. The first kappa shape index (κ1) is 30.7. The van der Waals surface area contributed by atoms with Crippen LogP contribution < -0.4 is 16.8 Å². The van der Waals surface area contributed by atoms with Crippen molar-refractivity contribution in [3.63, 3.8) is 0 Å². The third kappa shape index (κ3) is 4.00. The van der Waals surface area contributed by atoms with Gasteiger partial charge in [-0.25, -0.2) is 4.79 Å². The van der Waals surface area contributed by atoms with Crippen LogP contribution in [0.3, 0.4) is 0 Å². The Morgan fingerprint density at radius 1 is 1.07 bits per heavy atom. The number of hydrogen-bond acceptors (Lipinski definition) is 8. The SMILES string of the molecule is CC(C)C(OC(N)=O)C1CC(C)C2C(O1)C(O)C1(N)C3CCC4C(C)(C)C(OC5CNCCO5)CCC45CC35CCC21C. The topological polar surface area (TPSA) is 138 Å². The van der Waals surface area contributed by atoms with E-state index in [2.05, 4.69) is 33.0 Å². The van der Waals surface area contributed by atoms with E-state index in [0.717, 1.165) is 45.2 Å². The molecule has 2 heterocycles. The number of carbonyl (C=O) groups excluding carboxylic acids is 1. The van der Waals surface area contributed by atoms with Gasteiger partial charge in [-0.15, -0.1) is 0 Å². The van der Waals surface area contributed by atoms with E-state index in [0.29, 0.717) is 12.5 Å². The minimum atomic E-state index is -0.774. The third-order valence-corrected chi connectivity index (χ3v) is 14.7. The van der Waals surface area contributed by atoms with Gasteiger partial charge in [0.2, 0.25) is 0 Å². The maximum atomic E-state index is 12.4. The highest BCUT2D eigenvalue weighted by Crippen LogP contribution is 2.87. The van der Waals surface area contributed by atoms with E-state index in [1.54, 1.807) is 0 Å². The number of hydrogen-bond donors (Lipinski definition) is 4. The normalized spacial score (nSPS) is 53.9. The molecular formula is C34H57N3O6. The molecule has 5 aliphatic carbocycles. The van der Waals surface area contributed by atoms with Crippen LogP contribution in [0.4, 0.5) is 4.79 Å². The van der Waals surface area contributed by atoms with Crippen LogP contribution in [-0.2, 0) is 18.9 Å². The molecule has 9 heteroatoms. The molecule has 43 heavy (non-hydrogen) atoms.